The van der Waals surface area contributed by atoms with Crippen molar-refractivity contribution in [1.82, 2.24) is 10.3 Å². The van der Waals surface area contributed by atoms with Crippen LogP contribution in [0.4, 0.5) is 4.39 Å². The van der Waals surface area contributed by atoms with E-state index in [9.17, 15) is 4.39 Å². The average Bonchev–Trinajstić information content (AvgIpc) is 3.17. The Hall–Kier alpha value is -1.26. The quantitative estimate of drug-likeness (QED) is 0.872. The van der Waals surface area contributed by atoms with Crippen molar-refractivity contribution < 1.29 is 4.39 Å². The van der Waals surface area contributed by atoms with E-state index in [0.717, 1.165) is 28.7 Å². The lowest BCUT2D eigenvalue weighted by Crippen LogP contribution is -2.31. The molecule has 2 nitrogen and oxygen atoms in total. The minimum atomic E-state index is -0.206. The first-order valence-corrected chi connectivity index (χ1v) is 8.54. The highest BCUT2D eigenvalue weighted by atomic mass is 32.1. The molecule has 0 unspecified atom stereocenters. The highest BCUT2D eigenvalue weighted by Gasteiger charge is 2.21. The number of rotatable bonds is 5. The third kappa shape index (κ3) is 3.69. The van der Waals surface area contributed by atoms with E-state index in [0.29, 0.717) is 6.04 Å². The van der Waals surface area contributed by atoms with Crippen molar-refractivity contribution in [1.29, 1.82) is 0 Å². The number of aromatic nitrogens is 1. The summed E-state index contributed by atoms with van der Waals surface area (Å²) in [5, 5.41) is 6.65. The molecule has 1 N–H and O–H groups in total. The Morgan fingerprint density at radius 3 is 2.71 bits per heavy atom. The van der Waals surface area contributed by atoms with Gasteiger partial charge in [0.2, 0.25) is 0 Å². The lowest BCUT2D eigenvalue weighted by Gasteiger charge is -2.19. The maximum Gasteiger partial charge on any atom is 0.123 e. The molecule has 1 aliphatic carbocycles. The zero-order valence-electron chi connectivity index (χ0n) is 12.3. The predicted octanol–water partition coefficient (Wildman–Crippen LogP) is 4.62. The summed E-state index contributed by atoms with van der Waals surface area (Å²) in [7, 11) is 0. The highest BCUT2D eigenvalue weighted by molar-refractivity contribution is 7.13. The third-order valence-electron chi connectivity index (χ3n) is 4.36. The fraction of sp³-hybridized carbons (Fsp3) is 0.471. The topological polar surface area (TPSA) is 24.9 Å². The van der Waals surface area contributed by atoms with Crippen molar-refractivity contribution in [3.05, 3.63) is 41.2 Å². The first-order valence-electron chi connectivity index (χ1n) is 7.66. The van der Waals surface area contributed by atoms with Gasteiger partial charge in [-0.1, -0.05) is 12.8 Å². The standard InChI is InChI=1S/C17H21FN2S/c1-12(13-4-2-3-5-13)19-10-16-11-21-17(20-16)14-6-8-15(18)9-7-14/h6-9,11-13,19H,2-5,10H2,1H3/t12-/m1/s1. The summed E-state index contributed by atoms with van der Waals surface area (Å²) in [4.78, 5) is 4.64. The van der Waals surface area contributed by atoms with Crippen molar-refractivity contribution in [2.75, 3.05) is 0 Å². The van der Waals surface area contributed by atoms with Crippen LogP contribution < -0.4 is 5.32 Å². The van der Waals surface area contributed by atoms with Crippen LogP contribution in [-0.2, 0) is 6.54 Å². The van der Waals surface area contributed by atoms with Crippen LogP contribution in [0.15, 0.2) is 29.6 Å². The summed E-state index contributed by atoms with van der Waals surface area (Å²) >= 11 is 1.62. The molecule has 1 heterocycles. The van der Waals surface area contributed by atoms with Crippen LogP contribution in [0.3, 0.4) is 0 Å². The molecule has 1 saturated carbocycles. The second-order valence-electron chi connectivity index (χ2n) is 5.87. The van der Waals surface area contributed by atoms with E-state index >= 15 is 0 Å². The van der Waals surface area contributed by atoms with Gasteiger partial charge in [-0.05, 0) is 49.9 Å². The van der Waals surface area contributed by atoms with Crippen LogP contribution in [0.25, 0.3) is 10.6 Å². The average molecular weight is 304 g/mol. The minimum absolute atomic E-state index is 0.206. The van der Waals surface area contributed by atoms with Gasteiger partial charge in [0.25, 0.3) is 0 Å². The molecule has 0 saturated heterocycles. The van der Waals surface area contributed by atoms with E-state index in [1.54, 1.807) is 23.5 Å². The van der Waals surface area contributed by atoms with Crippen LogP contribution in [-0.4, -0.2) is 11.0 Å². The van der Waals surface area contributed by atoms with E-state index in [1.165, 1.54) is 37.8 Å². The fourth-order valence-electron chi connectivity index (χ4n) is 3.00. The zero-order chi connectivity index (χ0) is 14.7. The number of nitrogens with one attached hydrogen (secondary N) is 1. The number of hydrogen-bond acceptors (Lipinski definition) is 3. The Morgan fingerprint density at radius 2 is 2.00 bits per heavy atom. The molecule has 2 aromatic rings. The van der Waals surface area contributed by atoms with E-state index in [2.05, 4.69) is 22.6 Å². The van der Waals surface area contributed by atoms with Gasteiger partial charge >= 0.3 is 0 Å². The van der Waals surface area contributed by atoms with Crippen molar-refractivity contribution in [3.63, 3.8) is 0 Å². The molecular weight excluding hydrogens is 283 g/mol. The Balaban J connectivity index is 1.58. The van der Waals surface area contributed by atoms with Crippen LogP contribution in [0.2, 0.25) is 0 Å². The second-order valence-corrected chi connectivity index (χ2v) is 6.72. The Morgan fingerprint density at radius 1 is 1.29 bits per heavy atom. The summed E-state index contributed by atoms with van der Waals surface area (Å²) in [6.45, 7) is 3.10. The van der Waals surface area contributed by atoms with Gasteiger partial charge in [-0.15, -0.1) is 11.3 Å². The normalized spacial score (nSPS) is 17.2. The first-order chi connectivity index (χ1) is 10.2. The van der Waals surface area contributed by atoms with Gasteiger partial charge in [0.05, 0.1) is 5.69 Å². The number of nitrogens with zero attached hydrogens (tertiary/aromatic N) is 1. The summed E-state index contributed by atoms with van der Waals surface area (Å²) in [6, 6.07) is 7.09. The van der Waals surface area contributed by atoms with E-state index < -0.39 is 0 Å². The van der Waals surface area contributed by atoms with Crippen LogP contribution in [0, 0.1) is 11.7 Å². The van der Waals surface area contributed by atoms with Gasteiger partial charge in [-0.3, -0.25) is 0 Å². The van der Waals surface area contributed by atoms with Gasteiger partial charge in [-0.25, -0.2) is 9.37 Å². The Bertz CT molecular complexity index is 573. The van der Waals surface area contributed by atoms with Crippen molar-refractivity contribution >= 4 is 11.3 Å². The second kappa shape index (κ2) is 6.67. The van der Waals surface area contributed by atoms with Gasteiger partial charge in [-0.2, -0.15) is 0 Å². The van der Waals surface area contributed by atoms with Crippen molar-refractivity contribution in [3.8, 4) is 10.6 Å². The van der Waals surface area contributed by atoms with E-state index in [4.69, 9.17) is 0 Å². The molecule has 0 aliphatic heterocycles. The highest BCUT2D eigenvalue weighted by Crippen LogP contribution is 2.28. The molecule has 1 aliphatic rings. The Labute approximate surface area is 129 Å². The maximum atomic E-state index is 12.9. The first kappa shape index (κ1) is 14.7. The molecule has 1 fully saturated rings. The van der Waals surface area contributed by atoms with Gasteiger partial charge in [0.1, 0.15) is 10.8 Å². The summed E-state index contributed by atoms with van der Waals surface area (Å²) in [5.41, 5.74) is 2.06. The third-order valence-corrected chi connectivity index (χ3v) is 5.30. The molecule has 3 rings (SSSR count). The monoisotopic (exact) mass is 304 g/mol. The number of thiazole rings is 1. The molecule has 0 spiro atoms. The molecule has 0 amide bonds. The molecule has 1 atom stereocenters. The smallest absolute Gasteiger partial charge is 0.123 e. The maximum absolute atomic E-state index is 12.9. The summed E-state index contributed by atoms with van der Waals surface area (Å²) < 4.78 is 12.9. The molecule has 0 bridgehead atoms. The van der Waals surface area contributed by atoms with Crippen LogP contribution in [0.1, 0.15) is 38.3 Å². The number of benzene rings is 1. The van der Waals surface area contributed by atoms with E-state index in [1.807, 2.05) is 0 Å². The lowest BCUT2D eigenvalue weighted by atomic mass is 10.00. The van der Waals surface area contributed by atoms with Gasteiger partial charge in [0, 0.05) is 23.5 Å². The molecule has 1 aromatic carbocycles. The van der Waals surface area contributed by atoms with Gasteiger partial charge < -0.3 is 5.32 Å². The van der Waals surface area contributed by atoms with E-state index in [-0.39, 0.29) is 5.82 Å². The fourth-order valence-corrected chi connectivity index (χ4v) is 3.83. The van der Waals surface area contributed by atoms with Gasteiger partial charge in [0.15, 0.2) is 0 Å². The molecule has 21 heavy (non-hydrogen) atoms. The SMILES string of the molecule is C[C@@H](NCc1csc(-c2ccc(F)cc2)n1)C1CCCC1. The summed E-state index contributed by atoms with van der Waals surface area (Å²) in [6.07, 6.45) is 5.46. The number of halogens is 1. The predicted molar refractivity (Wildman–Crippen MR) is 85.8 cm³/mol. The molecule has 0 radical (unpaired) electrons. The van der Waals surface area contributed by atoms with Crippen LogP contribution >= 0.6 is 11.3 Å². The van der Waals surface area contributed by atoms with Crippen LogP contribution in [0.5, 0.6) is 0 Å². The zero-order valence-corrected chi connectivity index (χ0v) is 13.1. The Kier molecular flexibility index (Phi) is 4.66. The molecule has 112 valence electrons. The molecule has 4 heteroatoms. The molecule has 1 aromatic heterocycles. The van der Waals surface area contributed by atoms with Crippen molar-refractivity contribution in [2.24, 2.45) is 5.92 Å². The largest absolute Gasteiger partial charge is 0.308 e. The molecular formula is C17H21FN2S. The lowest BCUT2D eigenvalue weighted by molar-refractivity contribution is 0.379. The summed E-state index contributed by atoms with van der Waals surface area (Å²) in [5.74, 6) is 0.614. The minimum Gasteiger partial charge on any atom is -0.308 e. The number of hydrogen-bond donors (Lipinski definition) is 1. The van der Waals surface area contributed by atoms with Crippen molar-refractivity contribution in [2.45, 2.75) is 45.2 Å².